The van der Waals surface area contributed by atoms with Gasteiger partial charge >= 0.3 is 5.97 Å². The zero-order valence-corrected chi connectivity index (χ0v) is 15.5. The number of benzene rings is 2. The number of hydrogen-bond donors (Lipinski definition) is 1. The molecule has 0 saturated carbocycles. The predicted octanol–water partition coefficient (Wildman–Crippen LogP) is 3.76. The maximum absolute atomic E-state index is 12.3. The third kappa shape index (κ3) is 5.83. The van der Waals surface area contributed by atoms with Gasteiger partial charge in [0.25, 0.3) is 0 Å². The fourth-order valence-electron chi connectivity index (χ4n) is 2.22. The fraction of sp³-hybridized carbons (Fsp3) is 0.211. The molecule has 25 heavy (non-hydrogen) atoms. The van der Waals surface area contributed by atoms with Gasteiger partial charge < -0.3 is 10.1 Å². The average Bonchev–Trinajstić information content (AvgIpc) is 2.56. The van der Waals surface area contributed by atoms with Gasteiger partial charge in [0, 0.05) is 22.6 Å². The zero-order valence-electron chi connectivity index (χ0n) is 13.9. The van der Waals surface area contributed by atoms with Crippen LogP contribution in [0.2, 0.25) is 0 Å². The molecule has 1 atom stereocenters. The van der Waals surface area contributed by atoms with E-state index in [1.807, 2.05) is 0 Å². The highest BCUT2D eigenvalue weighted by atomic mass is 79.9. The predicted molar refractivity (Wildman–Crippen MR) is 98.5 cm³/mol. The van der Waals surface area contributed by atoms with Gasteiger partial charge in [-0.3, -0.25) is 14.4 Å². The van der Waals surface area contributed by atoms with E-state index in [1.54, 1.807) is 55.5 Å². The molecule has 2 aromatic rings. The molecule has 0 saturated heterocycles. The van der Waals surface area contributed by atoms with E-state index in [0.29, 0.717) is 11.3 Å². The van der Waals surface area contributed by atoms with Crippen molar-refractivity contribution in [3.8, 4) is 0 Å². The summed E-state index contributed by atoms with van der Waals surface area (Å²) in [6.45, 7) is 2.98. The van der Waals surface area contributed by atoms with E-state index in [1.165, 1.54) is 6.92 Å². The van der Waals surface area contributed by atoms with E-state index >= 15 is 0 Å². The van der Waals surface area contributed by atoms with E-state index in [4.69, 9.17) is 4.74 Å². The van der Waals surface area contributed by atoms with Crippen molar-refractivity contribution >= 4 is 39.3 Å². The number of Topliss-reactive ketones (excluding diaryl/α,β-unsaturated/α-hetero) is 1. The molecule has 0 aliphatic carbocycles. The van der Waals surface area contributed by atoms with E-state index in [-0.39, 0.29) is 18.1 Å². The standard InChI is InChI=1S/C19H18BrNO4/c1-12(19(24)15-5-7-16(20)8-6-15)25-18(23)11-14-3-9-17(10-4-14)21-13(2)22/h3-10,12H,11H2,1-2H3,(H,21,22)/t12-/m0/s1. The van der Waals surface area contributed by atoms with Crippen LogP contribution in [0.4, 0.5) is 5.69 Å². The van der Waals surface area contributed by atoms with Crippen LogP contribution in [-0.4, -0.2) is 23.8 Å². The Morgan fingerprint density at radius 3 is 2.20 bits per heavy atom. The molecule has 0 spiro atoms. The second-order valence-corrected chi connectivity index (χ2v) is 6.47. The Hall–Kier alpha value is -2.47. The molecule has 130 valence electrons. The largest absolute Gasteiger partial charge is 0.454 e. The summed E-state index contributed by atoms with van der Waals surface area (Å²) >= 11 is 3.31. The summed E-state index contributed by atoms with van der Waals surface area (Å²) < 4.78 is 6.10. The highest BCUT2D eigenvalue weighted by Crippen LogP contribution is 2.14. The first-order chi connectivity index (χ1) is 11.8. The van der Waals surface area contributed by atoms with Gasteiger partial charge in [-0.1, -0.05) is 40.2 Å². The number of esters is 1. The number of amides is 1. The summed E-state index contributed by atoms with van der Waals surface area (Å²) in [4.78, 5) is 35.3. The summed E-state index contributed by atoms with van der Waals surface area (Å²) in [5.74, 6) is -0.889. The van der Waals surface area contributed by atoms with Crippen LogP contribution in [0.25, 0.3) is 0 Å². The molecule has 6 heteroatoms. The van der Waals surface area contributed by atoms with Crippen molar-refractivity contribution in [3.05, 3.63) is 64.1 Å². The van der Waals surface area contributed by atoms with Crippen LogP contribution in [0.3, 0.4) is 0 Å². The lowest BCUT2D eigenvalue weighted by molar-refractivity contribution is -0.145. The zero-order chi connectivity index (χ0) is 18.4. The van der Waals surface area contributed by atoms with E-state index in [0.717, 1.165) is 10.0 Å². The lowest BCUT2D eigenvalue weighted by atomic mass is 10.1. The SMILES string of the molecule is CC(=O)Nc1ccc(CC(=O)O[C@@H](C)C(=O)c2ccc(Br)cc2)cc1. The number of ketones is 1. The van der Waals surface area contributed by atoms with Gasteiger partial charge in [0.2, 0.25) is 11.7 Å². The third-order valence-corrected chi connectivity index (χ3v) is 3.96. The summed E-state index contributed by atoms with van der Waals surface area (Å²) in [6, 6.07) is 13.8. The van der Waals surface area contributed by atoms with Gasteiger partial charge in [0.05, 0.1) is 6.42 Å². The Kier molecular flexibility index (Phi) is 6.47. The normalized spacial score (nSPS) is 11.5. The number of anilines is 1. The molecule has 0 aliphatic rings. The Balaban J connectivity index is 1.91. The van der Waals surface area contributed by atoms with Gasteiger partial charge in [0.1, 0.15) is 0 Å². The van der Waals surface area contributed by atoms with E-state index < -0.39 is 12.1 Å². The molecule has 0 fully saturated rings. The van der Waals surface area contributed by atoms with Crippen molar-refractivity contribution in [2.45, 2.75) is 26.4 Å². The molecule has 5 nitrogen and oxygen atoms in total. The average molecular weight is 404 g/mol. The number of hydrogen-bond acceptors (Lipinski definition) is 4. The quantitative estimate of drug-likeness (QED) is 0.588. The van der Waals surface area contributed by atoms with Gasteiger partial charge in [-0.2, -0.15) is 0 Å². The minimum Gasteiger partial charge on any atom is -0.454 e. The maximum Gasteiger partial charge on any atom is 0.310 e. The minimum atomic E-state index is -0.854. The molecule has 1 amide bonds. The summed E-state index contributed by atoms with van der Waals surface area (Å²) in [7, 11) is 0. The first-order valence-electron chi connectivity index (χ1n) is 7.71. The van der Waals surface area contributed by atoms with Crippen LogP contribution in [0.5, 0.6) is 0 Å². The molecule has 0 radical (unpaired) electrons. The molecule has 1 N–H and O–H groups in total. The van der Waals surface area contributed by atoms with Crippen LogP contribution < -0.4 is 5.32 Å². The van der Waals surface area contributed by atoms with Crippen molar-refractivity contribution < 1.29 is 19.1 Å². The van der Waals surface area contributed by atoms with Crippen LogP contribution >= 0.6 is 15.9 Å². The molecule has 0 unspecified atom stereocenters. The number of halogens is 1. The number of nitrogens with one attached hydrogen (secondary N) is 1. The van der Waals surface area contributed by atoms with Crippen LogP contribution in [0.15, 0.2) is 53.0 Å². The van der Waals surface area contributed by atoms with E-state index in [2.05, 4.69) is 21.2 Å². The molecule has 0 aliphatic heterocycles. The number of carbonyl (C=O) groups excluding carboxylic acids is 3. The monoisotopic (exact) mass is 403 g/mol. The summed E-state index contributed by atoms with van der Waals surface area (Å²) in [6.07, 6.45) is -0.800. The van der Waals surface area contributed by atoms with Crippen LogP contribution in [0, 0.1) is 0 Å². The molecule has 0 aromatic heterocycles. The number of ether oxygens (including phenoxy) is 1. The molecule has 2 rings (SSSR count). The second kappa shape index (κ2) is 8.58. The van der Waals surface area contributed by atoms with Crippen molar-refractivity contribution in [1.82, 2.24) is 0 Å². The smallest absolute Gasteiger partial charge is 0.310 e. The molecule has 0 heterocycles. The highest BCUT2D eigenvalue weighted by Gasteiger charge is 2.19. The van der Waals surface area contributed by atoms with Crippen LogP contribution in [-0.2, 0) is 20.7 Å². The maximum atomic E-state index is 12.3. The molecular weight excluding hydrogens is 386 g/mol. The van der Waals surface area contributed by atoms with Crippen molar-refractivity contribution in [2.24, 2.45) is 0 Å². The third-order valence-electron chi connectivity index (χ3n) is 3.43. The van der Waals surface area contributed by atoms with Gasteiger partial charge in [-0.15, -0.1) is 0 Å². The number of rotatable bonds is 6. The first-order valence-corrected chi connectivity index (χ1v) is 8.50. The highest BCUT2D eigenvalue weighted by molar-refractivity contribution is 9.10. The fourth-order valence-corrected chi connectivity index (χ4v) is 2.48. The second-order valence-electron chi connectivity index (χ2n) is 5.56. The minimum absolute atomic E-state index is 0.0539. The lowest BCUT2D eigenvalue weighted by Gasteiger charge is -2.12. The van der Waals surface area contributed by atoms with Crippen LogP contribution in [0.1, 0.15) is 29.8 Å². The summed E-state index contributed by atoms with van der Waals surface area (Å²) in [5.41, 5.74) is 1.88. The lowest BCUT2D eigenvalue weighted by Crippen LogP contribution is -2.25. The first kappa shape index (κ1) is 18.9. The number of carbonyl (C=O) groups is 3. The Morgan fingerprint density at radius 2 is 1.64 bits per heavy atom. The van der Waals surface area contributed by atoms with Crippen molar-refractivity contribution in [3.63, 3.8) is 0 Å². The van der Waals surface area contributed by atoms with Gasteiger partial charge in [-0.25, -0.2) is 0 Å². The molecule has 2 aromatic carbocycles. The molecular formula is C19H18BrNO4. The summed E-state index contributed by atoms with van der Waals surface area (Å²) in [5, 5.41) is 2.65. The van der Waals surface area contributed by atoms with Crippen molar-refractivity contribution in [1.29, 1.82) is 0 Å². The topological polar surface area (TPSA) is 72.5 Å². The van der Waals surface area contributed by atoms with Gasteiger partial charge in [-0.05, 0) is 36.8 Å². The Bertz CT molecular complexity index is 769. The molecule has 0 bridgehead atoms. The van der Waals surface area contributed by atoms with Gasteiger partial charge in [0.15, 0.2) is 6.10 Å². The van der Waals surface area contributed by atoms with E-state index in [9.17, 15) is 14.4 Å². The van der Waals surface area contributed by atoms with Crippen molar-refractivity contribution in [2.75, 3.05) is 5.32 Å². The Labute approximate surface area is 154 Å². The Morgan fingerprint density at radius 1 is 1.04 bits per heavy atom.